The number of unbranched alkanes of at least 4 members (excludes halogenated alkanes) is 3. The number of benzene rings is 1. The zero-order chi connectivity index (χ0) is 24.5. The summed E-state index contributed by atoms with van der Waals surface area (Å²) >= 11 is 11.6. The highest BCUT2D eigenvalue weighted by molar-refractivity contribution is 9.09. The minimum absolute atomic E-state index is 0.0103. The van der Waals surface area contributed by atoms with Crippen molar-refractivity contribution in [3.8, 4) is 0 Å². The van der Waals surface area contributed by atoms with Crippen LogP contribution in [0.1, 0.15) is 39.0 Å². The van der Waals surface area contributed by atoms with Crippen molar-refractivity contribution >= 4 is 62.8 Å². The first-order valence-corrected chi connectivity index (χ1v) is 14.0. The molecule has 3 aliphatic heterocycles. The lowest BCUT2D eigenvalue weighted by Gasteiger charge is -2.35. The summed E-state index contributed by atoms with van der Waals surface area (Å²) in [6, 6.07) is 6.31. The predicted molar refractivity (Wildman–Crippen MR) is 136 cm³/mol. The van der Waals surface area contributed by atoms with Crippen LogP contribution in [0.5, 0.6) is 0 Å². The van der Waals surface area contributed by atoms with Gasteiger partial charge in [-0.05, 0) is 38.3 Å². The normalized spacial score (nSPS) is 31.6. The molecule has 0 aliphatic carbocycles. The van der Waals surface area contributed by atoms with Crippen molar-refractivity contribution < 1.29 is 24.2 Å². The summed E-state index contributed by atoms with van der Waals surface area (Å²) in [6.07, 6.45) is 3.76. The van der Waals surface area contributed by atoms with E-state index in [0.717, 1.165) is 19.3 Å². The maximum absolute atomic E-state index is 13.8. The molecule has 186 valence electrons. The van der Waals surface area contributed by atoms with E-state index in [9.17, 15) is 14.4 Å². The molecule has 3 unspecified atom stereocenters. The Morgan fingerprint density at radius 2 is 2.03 bits per heavy atom. The molecule has 1 aromatic carbocycles. The quantitative estimate of drug-likeness (QED) is 0.251. The Hall–Kier alpha value is -1.29. The lowest BCUT2D eigenvalue weighted by molar-refractivity contribution is -0.153. The third-order valence-electron chi connectivity index (χ3n) is 7.04. The fourth-order valence-corrected chi connectivity index (χ4v) is 9.47. The highest BCUT2D eigenvalue weighted by Crippen LogP contribution is 2.67. The Bertz CT molecular complexity index is 952. The topological polar surface area (TPSA) is 95.9 Å². The standard InChI is InChI=1S/C24H30BrClN2O5S/c1-2-33-23(32)17-18-22(31)28(11-7-3-4-8-12-29)20(24(18)13-14(25)19(17)34-24)21(30)27-16-10-6-5-9-15(16)26/h5-6,9-10,14,17-20,29H,2-4,7-8,11-13H2,1H3,(H,27,30)/t14?,17-,18-,19-,20?,24?/m0/s1. The SMILES string of the molecule is CCOC(=O)[C@H]1[C@H]2C(=O)N(CCCCCCO)C(C(=O)Nc3ccccc3Cl)C23CC(Br)[C@@H]1S3. The van der Waals surface area contributed by atoms with Gasteiger partial charge < -0.3 is 20.1 Å². The number of anilines is 1. The number of rotatable bonds is 10. The van der Waals surface area contributed by atoms with Crippen LogP contribution in [-0.4, -0.2) is 68.4 Å². The molecule has 0 radical (unpaired) electrons. The second-order valence-electron chi connectivity index (χ2n) is 9.05. The molecule has 3 aliphatic rings. The van der Waals surface area contributed by atoms with Gasteiger partial charge in [0.15, 0.2) is 0 Å². The lowest BCUT2D eigenvalue weighted by Crippen LogP contribution is -2.52. The van der Waals surface area contributed by atoms with E-state index in [1.807, 2.05) is 0 Å². The molecule has 6 atom stereocenters. The second-order valence-corrected chi connectivity index (χ2v) is 12.2. The molecular formula is C24H30BrClN2O5S. The van der Waals surface area contributed by atoms with Crippen molar-refractivity contribution in [1.29, 1.82) is 0 Å². The second kappa shape index (κ2) is 10.8. The van der Waals surface area contributed by atoms with E-state index in [-0.39, 0.29) is 41.1 Å². The average Bonchev–Trinajstić information content (AvgIpc) is 3.39. The van der Waals surface area contributed by atoms with Crippen LogP contribution >= 0.6 is 39.3 Å². The maximum atomic E-state index is 13.8. The molecule has 3 fully saturated rings. The first-order valence-electron chi connectivity index (χ1n) is 11.8. The molecule has 4 rings (SSSR count). The zero-order valence-corrected chi connectivity index (χ0v) is 22.2. The predicted octanol–water partition coefficient (Wildman–Crippen LogP) is 3.86. The van der Waals surface area contributed by atoms with E-state index in [1.54, 1.807) is 47.9 Å². The summed E-state index contributed by atoms with van der Waals surface area (Å²) in [5.74, 6) is -1.95. The van der Waals surface area contributed by atoms with Crippen LogP contribution in [0, 0.1) is 11.8 Å². The largest absolute Gasteiger partial charge is 0.466 e. The minimum Gasteiger partial charge on any atom is -0.466 e. The number of thioether (sulfide) groups is 1. The van der Waals surface area contributed by atoms with E-state index in [2.05, 4.69) is 21.2 Å². The Balaban J connectivity index is 1.65. The van der Waals surface area contributed by atoms with E-state index in [0.29, 0.717) is 30.1 Å². The molecule has 2 bridgehead atoms. The monoisotopic (exact) mass is 572 g/mol. The van der Waals surface area contributed by atoms with E-state index in [4.69, 9.17) is 21.4 Å². The Morgan fingerprint density at radius 1 is 1.29 bits per heavy atom. The number of aliphatic hydroxyl groups is 1. The number of nitrogens with zero attached hydrogens (tertiary/aromatic N) is 1. The third kappa shape index (κ3) is 4.49. The van der Waals surface area contributed by atoms with Crippen LogP contribution < -0.4 is 5.32 Å². The van der Waals surface area contributed by atoms with Gasteiger partial charge in [0.2, 0.25) is 11.8 Å². The van der Waals surface area contributed by atoms with E-state index >= 15 is 0 Å². The zero-order valence-electron chi connectivity index (χ0n) is 19.0. The molecule has 1 spiro atoms. The van der Waals surface area contributed by atoms with Gasteiger partial charge in [-0.3, -0.25) is 14.4 Å². The van der Waals surface area contributed by atoms with Gasteiger partial charge in [0.05, 0.1) is 33.9 Å². The van der Waals surface area contributed by atoms with Gasteiger partial charge >= 0.3 is 5.97 Å². The molecule has 2 amide bonds. The number of amides is 2. The fraction of sp³-hybridized carbons (Fsp3) is 0.625. The highest BCUT2D eigenvalue weighted by Gasteiger charge is 2.75. The number of nitrogens with one attached hydrogen (secondary N) is 1. The molecule has 3 saturated heterocycles. The van der Waals surface area contributed by atoms with Gasteiger partial charge in [0.1, 0.15) is 6.04 Å². The number of halogens is 2. The van der Waals surface area contributed by atoms with Crippen molar-refractivity contribution in [2.75, 3.05) is 25.1 Å². The highest BCUT2D eigenvalue weighted by atomic mass is 79.9. The van der Waals surface area contributed by atoms with Crippen LogP contribution in [0.3, 0.4) is 0 Å². The average molecular weight is 574 g/mol. The lowest BCUT2D eigenvalue weighted by atomic mass is 9.71. The minimum atomic E-state index is -0.714. The first-order chi connectivity index (χ1) is 16.4. The molecule has 2 N–H and O–H groups in total. The Labute approximate surface area is 217 Å². The van der Waals surface area contributed by atoms with E-state index in [1.165, 1.54) is 0 Å². The smallest absolute Gasteiger partial charge is 0.310 e. The van der Waals surface area contributed by atoms with E-state index < -0.39 is 22.6 Å². The van der Waals surface area contributed by atoms with Crippen LogP contribution in [0.2, 0.25) is 5.02 Å². The number of esters is 1. The summed E-state index contributed by atoms with van der Waals surface area (Å²) in [7, 11) is 0. The number of alkyl halides is 1. The van der Waals surface area contributed by atoms with Crippen LogP contribution in [0.25, 0.3) is 0 Å². The number of likely N-dealkylation sites (tertiary alicyclic amines) is 1. The van der Waals surface area contributed by atoms with Crippen LogP contribution in [0.15, 0.2) is 24.3 Å². The van der Waals surface area contributed by atoms with Gasteiger partial charge in [0.25, 0.3) is 0 Å². The molecule has 0 aromatic heterocycles. The molecular weight excluding hydrogens is 544 g/mol. The molecule has 10 heteroatoms. The molecule has 7 nitrogen and oxygen atoms in total. The number of fused-ring (bicyclic) bond motifs is 1. The van der Waals surface area contributed by atoms with Crippen molar-refractivity contribution in [3.05, 3.63) is 29.3 Å². The van der Waals surface area contributed by atoms with Gasteiger partial charge in [-0.2, -0.15) is 0 Å². The fourth-order valence-electron chi connectivity index (χ4n) is 5.69. The van der Waals surface area contributed by atoms with Crippen molar-refractivity contribution in [1.82, 2.24) is 4.90 Å². The maximum Gasteiger partial charge on any atom is 0.310 e. The van der Waals surface area contributed by atoms with Crippen molar-refractivity contribution in [2.45, 2.75) is 59.9 Å². The number of ether oxygens (including phenoxy) is 1. The summed E-state index contributed by atoms with van der Waals surface area (Å²) in [5.41, 5.74) is 0.499. The number of carbonyl (C=O) groups excluding carboxylic acids is 3. The molecule has 3 heterocycles. The molecule has 1 aromatic rings. The van der Waals surface area contributed by atoms with Crippen molar-refractivity contribution in [2.24, 2.45) is 11.8 Å². The Morgan fingerprint density at radius 3 is 2.74 bits per heavy atom. The first kappa shape index (κ1) is 25.8. The van der Waals surface area contributed by atoms with Gasteiger partial charge in [-0.1, -0.05) is 52.5 Å². The number of aliphatic hydroxyl groups excluding tert-OH is 1. The number of hydrogen-bond donors (Lipinski definition) is 2. The third-order valence-corrected chi connectivity index (χ3v) is 10.6. The van der Waals surface area contributed by atoms with Gasteiger partial charge in [-0.15, -0.1) is 11.8 Å². The van der Waals surface area contributed by atoms with Crippen LogP contribution in [0.4, 0.5) is 5.69 Å². The number of hydrogen-bond acceptors (Lipinski definition) is 6. The molecule has 34 heavy (non-hydrogen) atoms. The van der Waals surface area contributed by atoms with Crippen LogP contribution in [-0.2, 0) is 19.1 Å². The number of para-hydroxylation sites is 1. The summed E-state index contributed by atoms with van der Waals surface area (Å²) in [6.45, 7) is 2.58. The summed E-state index contributed by atoms with van der Waals surface area (Å²) in [5, 5.41) is 12.3. The Kier molecular flexibility index (Phi) is 8.17. The number of carbonyl (C=O) groups is 3. The van der Waals surface area contributed by atoms with Crippen molar-refractivity contribution in [3.63, 3.8) is 0 Å². The van der Waals surface area contributed by atoms with Gasteiger partial charge in [-0.25, -0.2) is 0 Å². The molecule has 0 saturated carbocycles. The summed E-state index contributed by atoms with van der Waals surface area (Å²) in [4.78, 5) is 42.2. The van der Waals surface area contributed by atoms with Gasteiger partial charge in [0, 0.05) is 23.2 Å². The summed E-state index contributed by atoms with van der Waals surface area (Å²) < 4.78 is 4.66.